The highest BCUT2D eigenvalue weighted by molar-refractivity contribution is 5.76. The molecule has 0 spiro atoms. The number of fused-ring (bicyclic) bond motifs is 1. The van der Waals surface area contributed by atoms with Crippen LogP contribution < -0.4 is 0 Å². The number of imidazole rings is 1. The van der Waals surface area contributed by atoms with Crippen LogP contribution in [0.5, 0.6) is 0 Å². The highest BCUT2D eigenvalue weighted by Gasteiger charge is 2.23. The molecule has 0 aliphatic carbocycles. The van der Waals surface area contributed by atoms with Gasteiger partial charge in [-0.25, -0.2) is 4.98 Å². The summed E-state index contributed by atoms with van der Waals surface area (Å²) in [6.45, 7) is 5.44. The summed E-state index contributed by atoms with van der Waals surface area (Å²) < 4.78 is 0. The largest absolute Gasteiger partial charge is 0.341 e. The molecule has 4 heteroatoms. The monoisotopic (exact) mass is 226 g/mol. The van der Waals surface area contributed by atoms with Gasteiger partial charge in [0.2, 0.25) is 0 Å². The molecule has 2 aromatic rings. The van der Waals surface area contributed by atoms with Crippen LogP contribution in [-0.4, -0.2) is 28.0 Å². The predicted molar refractivity (Wildman–Crippen MR) is 65.2 cm³/mol. The average molecular weight is 226 g/mol. The van der Waals surface area contributed by atoms with Crippen molar-refractivity contribution in [3.8, 4) is 6.07 Å². The zero-order chi connectivity index (χ0) is 11.8. The summed E-state index contributed by atoms with van der Waals surface area (Å²) in [5, 5.41) is 8.83. The van der Waals surface area contributed by atoms with Crippen molar-refractivity contribution in [3.05, 3.63) is 29.6 Å². The molecule has 0 amide bonds. The number of nitrogens with zero attached hydrogens (tertiary/aromatic N) is 3. The number of hydrogen-bond acceptors (Lipinski definition) is 3. The van der Waals surface area contributed by atoms with Crippen molar-refractivity contribution in [2.45, 2.75) is 13.5 Å². The molecule has 0 atom stereocenters. The van der Waals surface area contributed by atoms with Gasteiger partial charge < -0.3 is 4.98 Å². The van der Waals surface area contributed by atoms with E-state index in [9.17, 15) is 0 Å². The zero-order valence-corrected chi connectivity index (χ0v) is 9.77. The van der Waals surface area contributed by atoms with Gasteiger partial charge in [-0.3, -0.25) is 4.90 Å². The van der Waals surface area contributed by atoms with Crippen LogP contribution in [0.15, 0.2) is 18.2 Å². The average Bonchev–Trinajstić information content (AvgIpc) is 2.68. The van der Waals surface area contributed by atoms with Crippen LogP contribution in [0.1, 0.15) is 18.3 Å². The number of aromatic nitrogens is 2. The maximum atomic E-state index is 8.83. The van der Waals surface area contributed by atoms with E-state index in [1.165, 1.54) is 0 Å². The number of rotatable bonds is 2. The minimum atomic E-state index is 0.672. The number of nitriles is 1. The minimum Gasteiger partial charge on any atom is -0.341 e. The van der Waals surface area contributed by atoms with Crippen molar-refractivity contribution < 1.29 is 0 Å². The summed E-state index contributed by atoms with van der Waals surface area (Å²) in [5.41, 5.74) is 2.56. The van der Waals surface area contributed by atoms with E-state index in [-0.39, 0.29) is 0 Å². The summed E-state index contributed by atoms with van der Waals surface area (Å²) in [6.07, 6.45) is 0. The maximum absolute atomic E-state index is 8.83. The number of benzene rings is 1. The molecule has 2 heterocycles. The van der Waals surface area contributed by atoms with Gasteiger partial charge in [0.15, 0.2) is 0 Å². The lowest BCUT2D eigenvalue weighted by Gasteiger charge is -2.36. The van der Waals surface area contributed by atoms with Gasteiger partial charge in [0.25, 0.3) is 0 Å². The molecule has 3 rings (SSSR count). The van der Waals surface area contributed by atoms with E-state index in [1.807, 2.05) is 12.1 Å². The Labute approximate surface area is 99.9 Å². The molecule has 0 saturated carbocycles. The molecular formula is C13H14N4. The van der Waals surface area contributed by atoms with Gasteiger partial charge in [0, 0.05) is 13.1 Å². The van der Waals surface area contributed by atoms with E-state index in [4.69, 9.17) is 5.26 Å². The molecule has 0 unspecified atom stereocenters. The molecule has 1 aromatic carbocycles. The third kappa shape index (κ3) is 1.90. The third-order valence-electron chi connectivity index (χ3n) is 3.17. The van der Waals surface area contributed by atoms with Crippen LogP contribution in [0.25, 0.3) is 11.0 Å². The Morgan fingerprint density at radius 2 is 2.35 bits per heavy atom. The van der Waals surface area contributed by atoms with Crippen LogP contribution >= 0.6 is 0 Å². The number of hydrogen-bond donors (Lipinski definition) is 1. The Hall–Kier alpha value is -1.86. The first-order valence-corrected chi connectivity index (χ1v) is 5.85. The van der Waals surface area contributed by atoms with Gasteiger partial charge in [-0.15, -0.1) is 0 Å². The molecule has 1 fully saturated rings. The highest BCUT2D eigenvalue weighted by atomic mass is 15.2. The van der Waals surface area contributed by atoms with Gasteiger partial charge in [0.1, 0.15) is 5.82 Å². The van der Waals surface area contributed by atoms with Gasteiger partial charge in [-0.2, -0.15) is 5.26 Å². The van der Waals surface area contributed by atoms with Gasteiger partial charge in [-0.05, 0) is 24.1 Å². The molecule has 1 aliphatic heterocycles. The van der Waals surface area contributed by atoms with Crippen LogP contribution in [0.2, 0.25) is 0 Å². The van der Waals surface area contributed by atoms with E-state index >= 15 is 0 Å². The fraction of sp³-hybridized carbons (Fsp3) is 0.385. The van der Waals surface area contributed by atoms with Crippen molar-refractivity contribution in [2.24, 2.45) is 5.92 Å². The Morgan fingerprint density at radius 1 is 1.53 bits per heavy atom. The molecule has 4 nitrogen and oxygen atoms in total. The van der Waals surface area contributed by atoms with Gasteiger partial charge >= 0.3 is 0 Å². The third-order valence-corrected chi connectivity index (χ3v) is 3.17. The van der Waals surface area contributed by atoms with E-state index in [2.05, 4.69) is 27.9 Å². The molecule has 86 valence electrons. The Kier molecular flexibility index (Phi) is 2.34. The fourth-order valence-corrected chi connectivity index (χ4v) is 2.38. The number of aromatic amines is 1. The molecule has 17 heavy (non-hydrogen) atoms. The topological polar surface area (TPSA) is 55.7 Å². The lowest BCUT2D eigenvalue weighted by molar-refractivity contribution is 0.102. The summed E-state index contributed by atoms with van der Waals surface area (Å²) >= 11 is 0. The quantitative estimate of drug-likeness (QED) is 0.850. The van der Waals surface area contributed by atoms with Crippen LogP contribution in [-0.2, 0) is 6.54 Å². The van der Waals surface area contributed by atoms with Crippen molar-refractivity contribution in [1.29, 1.82) is 5.26 Å². The second-order valence-electron chi connectivity index (χ2n) is 4.83. The molecule has 1 aliphatic rings. The molecule has 1 aromatic heterocycles. The van der Waals surface area contributed by atoms with Gasteiger partial charge in [0.05, 0.1) is 29.2 Å². The lowest BCUT2D eigenvalue weighted by atomic mass is 10.0. The number of nitrogens with one attached hydrogen (secondary N) is 1. The Balaban J connectivity index is 1.84. The Morgan fingerprint density at radius 3 is 3.06 bits per heavy atom. The predicted octanol–water partition coefficient (Wildman–Crippen LogP) is 1.89. The Bertz CT molecular complexity index is 587. The smallest absolute Gasteiger partial charge is 0.121 e. The zero-order valence-electron chi connectivity index (χ0n) is 9.77. The molecule has 0 bridgehead atoms. The first-order chi connectivity index (χ1) is 8.24. The van der Waals surface area contributed by atoms with E-state index in [0.29, 0.717) is 5.56 Å². The highest BCUT2D eigenvalue weighted by Crippen LogP contribution is 2.19. The first-order valence-electron chi connectivity index (χ1n) is 5.85. The van der Waals surface area contributed by atoms with E-state index < -0.39 is 0 Å². The molecule has 0 radical (unpaired) electrons. The van der Waals surface area contributed by atoms with Crippen LogP contribution in [0.3, 0.4) is 0 Å². The van der Waals surface area contributed by atoms with E-state index in [0.717, 1.165) is 42.4 Å². The van der Waals surface area contributed by atoms with Crippen LogP contribution in [0, 0.1) is 17.2 Å². The normalized spacial score (nSPS) is 16.9. The molecule has 1 saturated heterocycles. The SMILES string of the molecule is CC1CN(Cc2nc3ccc(C#N)cc3[nH]2)C1. The minimum absolute atomic E-state index is 0.672. The second-order valence-corrected chi connectivity index (χ2v) is 4.83. The van der Waals surface area contributed by atoms with Crippen molar-refractivity contribution in [2.75, 3.05) is 13.1 Å². The first kappa shape index (κ1) is 10.3. The van der Waals surface area contributed by atoms with E-state index in [1.54, 1.807) is 6.07 Å². The molecular weight excluding hydrogens is 212 g/mol. The lowest BCUT2D eigenvalue weighted by Crippen LogP contribution is -2.44. The summed E-state index contributed by atoms with van der Waals surface area (Å²) in [6, 6.07) is 7.69. The van der Waals surface area contributed by atoms with Crippen molar-refractivity contribution in [1.82, 2.24) is 14.9 Å². The van der Waals surface area contributed by atoms with Crippen molar-refractivity contribution >= 4 is 11.0 Å². The summed E-state index contributed by atoms with van der Waals surface area (Å²) in [4.78, 5) is 10.2. The second kappa shape index (κ2) is 3.86. The number of likely N-dealkylation sites (tertiary alicyclic amines) is 1. The molecule has 1 N–H and O–H groups in total. The van der Waals surface area contributed by atoms with Gasteiger partial charge in [-0.1, -0.05) is 6.92 Å². The fourth-order valence-electron chi connectivity index (χ4n) is 2.38. The summed E-state index contributed by atoms with van der Waals surface area (Å²) in [7, 11) is 0. The van der Waals surface area contributed by atoms with Crippen molar-refractivity contribution in [3.63, 3.8) is 0 Å². The standard InChI is InChI=1S/C13H14N4/c1-9-6-17(7-9)8-13-15-11-3-2-10(5-14)4-12(11)16-13/h2-4,9H,6-8H2,1H3,(H,15,16). The number of H-pyrrole nitrogens is 1. The van der Waals surface area contributed by atoms with Crippen LogP contribution in [0.4, 0.5) is 0 Å². The maximum Gasteiger partial charge on any atom is 0.121 e. The summed E-state index contributed by atoms with van der Waals surface area (Å²) in [5.74, 6) is 1.80.